The minimum absolute atomic E-state index is 0.105. The lowest BCUT2D eigenvalue weighted by molar-refractivity contribution is -0.141. The van der Waals surface area contributed by atoms with Gasteiger partial charge in [-0.05, 0) is 32.1 Å². The van der Waals surface area contributed by atoms with Crippen LogP contribution in [0.3, 0.4) is 0 Å². The summed E-state index contributed by atoms with van der Waals surface area (Å²) >= 11 is 0. The number of carboxylic acids is 1. The Morgan fingerprint density at radius 3 is 2.42 bits per heavy atom. The average Bonchev–Trinajstić information content (AvgIpc) is 2.56. The Balaban J connectivity index is 2.00. The van der Waals surface area contributed by atoms with Crippen molar-refractivity contribution in [2.24, 2.45) is 0 Å². The summed E-state index contributed by atoms with van der Waals surface area (Å²) in [5.74, 6) is -1.23. The molecule has 1 aliphatic rings. The van der Waals surface area contributed by atoms with Gasteiger partial charge in [-0.3, -0.25) is 4.79 Å². The van der Waals surface area contributed by atoms with Crippen LogP contribution >= 0.6 is 0 Å². The number of carbonyl (C=O) groups is 3. The van der Waals surface area contributed by atoms with Crippen molar-refractivity contribution in [1.29, 1.82) is 0 Å². The highest BCUT2D eigenvalue weighted by Gasteiger charge is 2.17. The van der Waals surface area contributed by atoms with Gasteiger partial charge in [-0.15, -0.1) is 0 Å². The Morgan fingerprint density at radius 2 is 1.79 bits per heavy atom. The Labute approximate surface area is 144 Å². The molecule has 0 heterocycles. The summed E-state index contributed by atoms with van der Waals surface area (Å²) in [7, 11) is 0. The van der Waals surface area contributed by atoms with E-state index in [4.69, 9.17) is 5.11 Å². The molecule has 1 aliphatic carbocycles. The van der Waals surface area contributed by atoms with Crippen LogP contribution in [0.2, 0.25) is 0 Å². The topological polar surface area (TPSA) is 108 Å². The minimum Gasteiger partial charge on any atom is -0.480 e. The quantitative estimate of drug-likeness (QED) is 0.457. The molecular formula is C17H31N3O4. The third-order valence-corrected chi connectivity index (χ3v) is 4.35. The predicted molar refractivity (Wildman–Crippen MR) is 91.7 cm³/mol. The third-order valence-electron chi connectivity index (χ3n) is 4.35. The number of nitrogens with one attached hydrogen (secondary N) is 3. The van der Waals surface area contributed by atoms with Crippen molar-refractivity contribution in [2.75, 3.05) is 6.54 Å². The zero-order valence-corrected chi connectivity index (χ0v) is 14.6. The summed E-state index contributed by atoms with van der Waals surface area (Å²) in [5.41, 5.74) is 0. The first kappa shape index (κ1) is 20.3. The monoisotopic (exact) mass is 341 g/mol. The van der Waals surface area contributed by atoms with E-state index in [2.05, 4.69) is 16.0 Å². The second kappa shape index (κ2) is 11.7. The minimum atomic E-state index is -1.00. The molecule has 7 heteroatoms. The van der Waals surface area contributed by atoms with E-state index in [1.165, 1.54) is 19.3 Å². The number of carbonyl (C=O) groups excluding carboxylic acids is 2. The second-order valence-corrected chi connectivity index (χ2v) is 6.41. The van der Waals surface area contributed by atoms with Gasteiger partial charge in [0.2, 0.25) is 5.91 Å². The fourth-order valence-electron chi connectivity index (χ4n) is 2.88. The Kier molecular flexibility index (Phi) is 9.88. The van der Waals surface area contributed by atoms with Crippen LogP contribution in [0.15, 0.2) is 0 Å². The molecule has 0 aromatic rings. The second-order valence-electron chi connectivity index (χ2n) is 6.41. The molecule has 0 aromatic carbocycles. The van der Waals surface area contributed by atoms with E-state index in [9.17, 15) is 14.4 Å². The first-order valence-electron chi connectivity index (χ1n) is 9.09. The van der Waals surface area contributed by atoms with Crippen molar-refractivity contribution in [3.8, 4) is 0 Å². The first-order valence-corrected chi connectivity index (χ1v) is 9.09. The van der Waals surface area contributed by atoms with Crippen molar-refractivity contribution in [3.63, 3.8) is 0 Å². The molecule has 1 saturated carbocycles. The summed E-state index contributed by atoms with van der Waals surface area (Å²) in [4.78, 5) is 34.2. The van der Waals surface area contributed by atoms with Gasteiger partial charge in [0.25, 0.3) is 0 Å². The molecule has 0 aliphatic heterocycles. The average molecular weight is 341 g/mol. The summed E-state index contributed by atoms with van der Waals surface area (Å²) in [6.07, 6.45) is 8.78. The number of aliphatic carboxylic acids is 1. The van der Waals surface area contributed by atoms with E-state index < -0.39 is 12.0 Å². The maximum Gasteiger partial charge on any atom is 0.326 e. The van der Waals surface area contributed by atoms with Crippen LogP contribution in [0.1, 0.15) is 71.1 Å². The van der Waals surface area contributed by atoms with Gasteiger partial charge in [0.1, 0.15) is 6.04 Å². The Bertz CT molecular complexity index is 409. The van der Waals surface area contributed by atoms with Crippen molar-refractivity contribution in [2.45, 2.75) is 83.2 Å². The summed E-state index contributed by atoms with van der Waals surface area (Å²) in [6, 6.07) is -0.599. The molecule has 24 heavy (non-hydrogen) atoms. The number of urea groups is 1. The lowest BCUT2D eigenvalue weighted by atomic mass is 9.96. The van der Waals surface area contributed by atoms with Gasteiger partial charge in [-0.1, -0.05) is 32.6 Å². The summed E-state index contributed by atoms with van der Waals surface area (Å²) in [5, 5.41) is 17.2. The number of hydrogen-bond donors (Lipinski definition) is 4. The van der Waals surface area contributed by atoms with Crippen LogP contribution < -0.4 is 16.0 Å². The highest BCUT2D eigenvalue weighted by Crippen LogP contribution is 2.17. The van der Waals surface area contributed by atoms with Crippen LogP contribution in [0.25, 0.3) is 0 Å². The lowest BCUT2D eigenvalue weighted by Gasteiger charge is -2.22. The number of rotatable bonds is 10. The zero-order valence-electron chi connectivity index (χ0n) is 14.6. The molecule has 0 spiro atoms. The Morgan fingerprint density at radius 1 is 1.08 bits per heavy atom. The first-order chi connectivity index (χ1) is 11.5. The smallest absolute Gasteiger partial charge is 0.326 e. The SMILES string of the molecule is CCC(NC(=O)CCCCCNC(=O)NC1CCCCC1)C(=O)O. The van der Waals surface area contributed by atoms with Gasteiger partial charge < -0.3 is 21.1 Å². The molecule has 7 nitrogen and oxygen atoms in total. The van der Waals surface area contributed by atoms with E-state index in [0.29, 0.717) is 31.8 Å². The zero-order chi connectivity index (χ0) is 17.8. The van der Waals surface area contributed by atoms with E-state index in [1.54, 1.807) is 6.92 Å². The van der Waals surface area contributed by atoms with Crippen LogP contribution in [0.5, 0.6) is 0 Å². The molecule has 3 amide bonds. The number of amides is 3. The molecule has 0 bridgehead atoms. The van der Waals surface area contributed by atoms with Crippen LogP contribution in [-0.4, -0.2) is 41.6 Å². The van der Waals surface area contributed by atoms with Crippen molar-refractivity contribution < 1.29 is 19.5 Å². The molecule has 1 fully saturated rings. The number of hydrogen-bond acceptors (Lipinski definition) is 3. The molecule has 0 aromatic heterocycles. The molecule has 0 saturated heterocycles. The fraction of sp³-hybridized carbons (Fsp3) is 0.824. The van der Waals surface area contributed by atoms with Gasteiger partial charge >= 0.3 is 12.0 Å². The summed E-state index contributed by atoms with van der Waals surface area (Å²) in [6.45, 7) is 2.32. The van der Waals surface area contributed by atoms with Gasteiger partial charge in [-0.2, -0.15) is 0 Å². The van der Waals surface area contributed by atoms with Crippen molar-refractivity contribution in [3.05, 3.63) is 0 Å². The summed E-state index contributed by atoms with van der Waals surface area (Å²) < 4.78 is 0. The van der Waals surface area contributed by atoms with Crippen molar-refractivity contribution in [1.82, 2.24) is 16.0 Å². The maximum atomic E-state index is 11.7. The molecular weight excluding hydrogens is 310 g/mol. The molecule has 1 rings (SSSR count). The fourth-order valence-corrected chi connectivity index (χ4v) is 2.88. The predicted octanol–water partition coefficient (Wildman–Crippen LogP) is 2.16. The van der Waals surface area contributed by atoms with Crippen LogP contribution in [-0.2, 0) is 9.59 Å². The highest BCUT2D eigenvalue weighted by atomic mass is 16.4. The highest BCUT2D eigenvalue weighted by molar-refractivity contribution is 5.83. The lowest BCUT2D eigenvalue weighted by Crippen LogP contribution is -2.43. The number of unbranched alkanes of at least 4 members (excludes halogenated alkanes) is 2. The van der Waals surface area contributed by atoms with Crippen LogP contribution in [0, 0.1) is 0 Å². The molecule has 138 valence electrons. The Hall–Kier alpha value is -1.79. The maximum absolute atomic E-state index is 11.7. The molecule has 4 N–H and O–H groups in total. The van der Waals surface area contributed by atoms with E-state index in [-0.39, 0.29) is 11.9 Å². The third kappa shape index (κ3) is 8.74. The van der Waals surface area contributed by atoms with E-state index in [1.807, 2.05) is 0 Å². The molecule has 1 unspecified atom stereocenters. The molecule has 0 radical (unpaired) electrons. The standard InChI is InChI=1S/C17H31N3O4/c1-2-14(16(22)23)20-15(21)11-7-4-8-12-18-17(24)19-13-9-5-3-6-10-13/h13-14H,2-12H2,1H3,(H,20,21)(H,22,23)(H2,18,19,24). The largest absolute Gasteiger partial charge is 0.480 e. The number of carboxylic acid groups (broad SMARTS) is 1. The molecule has 1 atom stereocenters. The van der Waals surface area contributed by atoms with Gasteiger partial charge in [0.05, 0.1) is 0 Å². The van der Waals surface area contributed by atoms with Crippen molar-refractivity contribution >= 4 is 17.9 Å². The van der Waals surface area contributed by atoms with Gasteiger partial charge in [0.15, 0.2) is 0 Å². The van der Waals surface area contributed by atoms with Crippen LogP contribution in [0.4, 0.5) is 4.79 Å². The van der Waals surface area contributed by atoms with E-state index in [0.717, 1.165) is 25.7 Å². The van der Waals surface area contributed by atoms with Gasteiger partial charge in [0, 0.05) is 19.0 Å². The normalized spacial score (nSPS) is 16.2. The van der Waals surface area contributed by atoms with Gasteiger partial charge in [-0.25, -0.2) is 9.59 Å². The van der Waals surface area contributed by atoms with E-state index >= 15 is 0 Å².